The maximum Gasteiger partial charge on any atom is 0.240 e. The standard InChI is InChI=1S/C21H28N2O3S2/c1-16-12-17(2)21(18(3)13-16)23(28(4,25)26)14-20(24)22-10-11-27-15-19-8-6-5-7-9-19/h5-9,12-13H,10-11,14-15H2,1-4H3,(H,22,24). The summed E-state index contributed by atoms with van der Waals surface area (Å²) in [4.78, 5) is 12.4. The zero-order chi connectivity index (χ0) is 20.7. The van der Waals surface area contributed by atoms with E-state index in [1.807, 2.05) is 51.1 Å². The summed E-state index contributed by atoms with van der Waals surface area (Å²) in [6.45, 7) is 5.98. The Hall–Kier alpha value is -1.99. The minimum absolute atomic E-state index is 0.215. The van der Waals surface area contributed by atoms with Crippen molar-refractivity contribution >= 4 is 33.4 Å². The predicted molar refractivity (Wildman–Crippen MR) is 118 cm³/mol. The van der Waals surface area contributed by atoms with Gasteiger partial charge in [0.05, 0.1) is 11.9 Å². The number of hydrogen-bond acceptors (Lipinski definition) is 4. The number of sulfonamides is 1. The number of carbonyl (C=O) groups excluding carboxylic acids is 1. The van der Waals surface area contributed by atoms with Crippen LogP contribution in [0.1, 0.15) is 22.3 Å². The van der Waals surface area contributed by atoms with Crippen LogP contribution >= 0.6 is 11.8 Å². The molecule has 0 heterocycles. The van der Waals surface area contributed by atoms with Gasteiger partial charge in [0.1, 0.15) is 6.54 Å². The van der Waals surface area contributed by atoms with Crippen LogP contribution in [0.5, 0.6) is 0 Å². The van der Waals surface area contributed by atoms with Crippen LogP contribution in [-0.2, 0) is 20.6 Å². The average Bonchev–Trinajstić information content (AvgIpc) is 2.60. The van der Waals surface area contributed by atoms with E-state index in [9.17, 15) is 13.2 Å². The molecule has 2 aromatic carbocycles. The fourth-order valence-corrected chi connectivity index (χ4v) is 4.93. The Bertz CT molecular complexity index is 889. The molecule has 0 spiro atoms. The van der Waals surface area contributed by atoms with Gasteiger partial charge in [0.2, 0.25) is 15.9 Å². The van der Waals surface area contributed by atoms with Gasteiger partial charge in [-0.25, -0.2) is 8.42 Å². The maximum absolute atomic E-state index is 12.4. The van der Waals surface area contributed by atoms with Crippen molar-refractivity contribution in [2.24, 2.45) is 0 Å². The van der Waals surface area contributed by atoms with Crippen molar-refractivity contribution in [1.82, 2.24) is 5.32 Å². The Morgan fingerprint density at radius 2 is 1.68 bits per heavy atom. The van der Waals surface area contributed by atoms with E-state index in [0.717, 1.165) is 34.5 Å². The molecule has 0 saturated carbocycles. The zero-order valence-electron chi connectivity index (χ0n) is 16.9. The van der Waals surface area contributed by atoms with E-state index in [-0.39, 0.29) is 12.5 Å². The van der Waals surface area contributed by atoms with Crippen LogP contribution in [0.3, 0.4) is 0 Å². The molecule has 0 saturated heterocycles. The first-order valence-corrected chi connectivity index (χ1v) is 12.1. The number of thioether (sulfide) groups is 1. The number of carbonyl (C=O) groups is 1. The zero-order valence-corrected chi connectivity index (χ0v) is 18.5. The van der Waals surface area contributed by atoms with Gasteiger partial charge in [0, 0.05) is 18.1 Å². The van der Waals surface area contributed by atoms with Crippen molar-refractivity contribution < 1.29 is 13.2 Å². The molecular formula is C21H28N2O3S2. The predicted octanol–water partition coefficient (Wildman–Crippen LogP) is 3.43. The number of anilines is 1. The molecule has 0 radical (unpaired) electrons. The third-order valence-electron chi connectivity index (χ3n) is 4.25. The lowest BCUT2D eigenvalue weighted by molar-refractivity contribution is -0.119. The highest BCUT2D eigenvalue weighted by atomic mass is 32.2. The summed E-state index contributed by atoms with van der Waals surface area (Å²) in [5, 5.41) is 2.83. The van der Waals surface area contributed by atoms with Crippen molar-refractivity contribution in [2.75, 3.05) is 29.4 Å². The molecule has 5 nitrogen and oxygen atoms in total. The molecule has 2 rings (SSSR count). The Morgan fingerprint density at radius 1 is 1.07 bits per heavy atom. The molecule has 0 aliphatic rings. The van der Waals surface area contributed by atoms with Crippen molar-refractivity contribution in [3.63, 3.8) is 0 Å². The summed E-state index contributed by atoms with van der Waals surface area (Å²) >= 11 is 1.73. The van der Waals surface area contributed by atoms with E-state index in [4.69, 9.17) is 0 Å². The van der Waals surface area contributed by atoms with Crippen LogP contribution in [0.2, 0.25) is 0 Å². The number of nitrogens with zero attached hydrogens (tertiary/aromatic N) is 1. The van der Waals surface area contributed by atoms with E-state index < -0.39 is 10.0 Å². The van der Waals surface area contributed by atoms with Crippen LogP contribution in [0.25, 0.3) is 0 Å². The first-order chi connectivity index (χ1) is 13.2. The monoisotopic (exact) mass is 420 g/mol. The van der Waals surface area contributed by atoms with Gasteiger partial charge in [0.15, 0.2) is 0 Å². The van der Waals surface area contributed by atoms with Gasteiger partial charge in [0.25, 0.3) is 0 Å². The molecule has 0 fully saturated rings. The lowest BCUT2D eigenvalue weighted by Gasteiger charge is -2.26. The van der Waals surface area contributed by atoms with Crippen LogP contribution in [-0.4, -0.2) is 39.4 Å². The van der Waals surface area contributed by atoms with Gasteiger partial charge >= 0.3 is 0 Å². The topological polar surface area (TPSA) is 66.5 Å². The molecule has 0 bridgehead atoms. The smallest absolute Gasteiger partial charge is 0.240 e. The van der Waals surface area contributed by atoms with Gasteiger partial charge in [-0.3, -0.25) is 9.10 Å². The van der Waals surface area contributed by atoms with Crippen LogP contribution in [0.4, 0.5) is 5.69 Å². The van der Waals surface area contributed by atoms with E-state index in [1.165, 1.54) is 9.87 Å². The first kappa shape index (κ1) is 22.3. The molecule has 152 valence electrons. The highest BCUT2D eigenvalue weighted by molar-refractivity contribution is 7.98. The summed E-state index contributed by atoms with van der Waals surface area (Å²) in [7, 11) is -3.57. The summed E-state index contributed by atoms with van der Waals surface area (Å²) in [5.74, 6) is 1.35. The Morgan fingerprint density at radius 3 is 2.25 bits per heavy atom. The molecule has 0 unspecified atom stereocenters. The van der Waals surface area contributed by atoms with Gasteiger partial charge in [-0.15, -0.1) is 0 Å². The van der Waals surface area contributed by atoms with Crippen molar-refractivity contribution in [3.05, 3.63) is 64.7 Å². The fraction of sp³-hybridized carbons (Fsp3) is 0.381. The number of benzene rings is 2. The SMILES string of the molecule is Cc1cc(C)c(N(CC(=O)NCCSCc2ccccc2)S(C)(=O)=O)c(C)c1. The lowest BCUT2D eigenvalue weighted by atomic mass is 10.1. The fourth-order valence-electron chi connectivity index (χ4n) is 3.14. The molecule has 28 heavy (non-hydrogen) atoms. The number of aryl methyl sites for hydroxylation is 3. The summed E-state index contributed by atoms with van der Waals surface area (Å²) in [6, 6.07) is 14.0. The highest BCUT2D eigenvalue weighted by Gasteiger charge is 2.24. The molecule has 0 aliphatic heterocycles. The van der Waals surface area contributed by atoms with Crippen molar-refractivity contribution in [3.8, 4) is 0 Å². The summed E-state index contributed by atoms with van der Waals surface area (Å²) in [5.41, 5.74) is 4.57. The number of amides is 1. The lowest BCUT2D eigenvalue weighted by Crippen LogP contribution is -2.41. The summed E-state index contributed by atoms with van der Waals surface area (Å²) in [6.07, 6.45) is 1.13. The quantitative estimate of drug-likeness (QED) is 0.631. The summed E-state index contributed by atoms with van der Waals surface area (Å²) < 4.78 is 25.9. The number of rotatable bonds is 9. The third kappa shape index (κ3) is 6.56. The van der Waals surface area contributed by atoms with Crippen molar-refractivity contribution in [1.29, 1.82) is 0 Å². The number of nitrogens with one attached hydrogen (secondary N) is 1. The Kier molecular flexibility index (Phi) is 7.95. The molecule has 1 N–H and O–H groups in total. The molecule has 7 heteroatoms. The number of hydrogen-bond donors (Lipinski definition) is 1. The van der Waals surface area contributed by atoms with Gasteiger partial charge < -0.3 is 5.32 Å². The van der Waals surface area contributed by atoms with Crippen LogP contribution in [0.15, 0.2) is 42.5 Å². The van der Waals surface area contributed by atoms with E-state index >= 15 is 0 Å². The second-order valence-electron chi connectivity index (χ2n) is 6.91. The van der Waals surface area contributed by atoms with Crippen LogP contribution in [0, 0.1) is 20.8 Å². The molecule has 0 aliphatic carbocycles. The third-order valence-corrected chi connectivity index (χ3v) is 6.40. The Balaban J connectivity index is 1.93. The minimum atomic E-state index is -3.57. The van der Waals surface area contributed by atoms with E-state index in [1.54, 1.807) is 11.8 Å². The highest BCUT2D eigenvalue weighted by Crippen LogP contribution is 2.28. The van der Waals surface area contributed by atoms with Gasteiger partial charge in [-0.05, 0) is 37.5 Å². The Labute approximate surface area is 172 Å². The largest absolute Gasteiger partial charge is 0.354 e. The van der Waals surface area contributed by atoms with Crippen LogP contribution < -0.4 is 9.62 Å². The second kappa shape index (κ2) is 9.98. The average molecular weight is 421 g/mol. The van der Waals surface area contributed by atoms with Gasteiger partial charge in [-0.2, -0.15) is 11.8 Å². The van der Waals surface area contributed by atoms with E-state index in [2.05, 4.69) is 17.4 Å². The maximum atomic E-state index is 12.4. The normalized spacial score (nSPS) is 11.3. The molecule has 0 atom stereocenters. The van der Waals surface area contributed by atoms with Crippen molar-refractivity contribution in [2.45, 2.75) is 26.5 Å². The minimum Gasteiger partial charge on any atom is -0.354 e. The second-order valence-corrected chi connectivity index (χ2v) is 9.92. The molecule has 2 aromatic rings. The molecule has 0 aromatic heterocycles. The van der Waals surface area contributed by atoms with E-state index in [0.29, 0.717) is 12.2 Å². The molecule has 1 amide bonds. The molecular weight excluding hydrogens is 392 g/mol. The van der Waals surface area contributed by atoms with Gasteiger partial charge in [-0.1, -0.05) is 48.0 Å². The first-order valence-electron chi connectivity index (χ1n) is 9.12.